The van der Waals surface area contributed by atoms with Crippen LogP contribution in [0.4, 0.5) is 0 Å². The van der Waals surface area contributed by atoms with Crippen LogP contribution < -0.4 is 10.1 Å². The van der Waals surface area contributed by atoms with Gasteiger partial charge in [-0.05, 0) is 73.6 Å². The number of carbonyl (C=O) groups is 1. The lowest BCUT2D eigenvalue weighted by Crippen LogP contribution is -2.26. The Morgan fingerprint density at radius 2 is 2.00 bits per heavy atom. The number of halogens is 2. The third kappa shape index (κ3) is 5.13. The van der Waals surface area contributed by atoms with E-state index >= 15 is 0 Å². The summed E-state index contributed by atoms with van der Waals surface area (Å²) < 4.78 is 6.04. The van der Waals surface area contributed by atoms with Crippen molar-refractivity contribution in [2.24, 2.45) is 0 Å². The van der Waals surface area contributed by atoms with Gasteiger partial charge in [0.05, 0.1) is 11.8 Å². The largest absolute Gasteiger partial charge is 0.455 e. The molecule has 30 heavy (non-hydrogen) atoms. The molecule has 0 aliphatic heterocycles. The summed E-state index contributed by atoms with van der Waals surface area (Å²) in [5, 5.41) is 4.13. The van der Waals surface area contributed by atoms with Crippen LogP contribution in [0.3, 0.4) is 0 Å². The van der Waals surface area contributed by atoms with Crippen molar-refractivity contribution in [2.75, 3.05) is 6.54 Å². The van der Waals surface area contributed by atoms with Gasteiger partial charge >= 0.3 is 0 Å². The number of ether oxygens (including phenoxy) is 1. The minimum Gasteiger partial charge on any atom is -0.455 e. The van der Waals surface area contributed by atoms with E-state index in [0.717, 1.165) is 11.3 Å². The van der Waals surface area contributed by atoms with Crippen molar-refractivity contribution in [1.29, 1.82) is 0 Å². The molecule has 0 atom stereocenters. The van der Waals surface area contributed by atoms with Crippen molar-refractivity contribution >= 4 is 29.1 Å². The number of aromatic nitrogens is 1. The number of carbonyl (C=O) groups excluding carboxylic acids is 1. The Bertz CT molecular complexity index is 1080. The van der Waals surface area contributed by atoms with Gasteiger partial charge < -0.3 is 10.1 Å². The molecule has 0 spiro atoms. The monoisotopic (exact) mass is 440 g/mol. The molecule has 1 aliphatic carbocycles. The van der Waals surface area contributed by atoms with Gasteiger partial charge in [0.15, 0.2) is 5.75 Å². The van der Waals surface area contributed by atoms with E-state index in [9.17, 15) is 4.79 Å². The van der Waals surface area contributed by atoms with Crippen LogP contribution in [0, 0.1) is 6.92 Å². The maximum atomic E-state index is 12.8. The van der Waals surface area contributed by atoms with E-state index in [2.05, 4.69) is 16.4 Å². The van der Waals surface area contributed by atoms with Crippen LogP contribution in [-0.4, -0.2) is 17.4 Å². The molecule has 1 saturated carbocycles. The molecule has 1 aromatic heterocycles. The average Bonchev–Trinajstić information content (AvgIpc) is 3.56. The number of aryl methyl sites for hydroxylation is 1. The van der Waals surface area contributed by atoms with Gasteiger partial charge in [-0.2, -0.15) is 0 Å². The van der Waals surface area contributed by atoms with Crippen molar-refractivity contribution in [3.05, 3.63) is 87.2 Å². The third-order valence-electron chi connectivity index (χ3n) is 5.08. The van der Waals surface area contributed by atoms with Gasteiger partial charge in [0.2, 0.25) is 0 Å². The number of nitrogens with one attached hydrogen (secondary N) is 1. The Balaban J connectivity index is 1.45. The summed E-state index contributed by atoms with van der Waals surface area (Å²) in [5.41, 5.74) is 3.42. The molecule has 0 bridgehead atoms. The lowest BCUT2D eigenvalue weighted by atomic mass is 10.1. The summed E-state index contributed by atoms with van der Waals surface area (Å²) >= 11 is 12.1. The van der Waals surface area contributed by atoms with Gasteiger partial charge in [-0.1, -0.05) is 41.4 Å². The Morgan fingerprint density at radius 3 is 2.77 bits per heavy atom. The molecule has 1 fully saturated rings. The zero-order chi connectivity index (χ0) is 21.1. The average molecular weight is 441 g/mol. The first kappa shape index (κ1) is 20.7. The number of nitrogens with zero attached hydrogens (tertiary/aromatic N) is 1. The second-order valence-electron chi connectivity index (χ2n) is 7.51. The van der Waals surface area contributed by atoms with Crippen LogP contribution in [0.2, 0.25) is 10.0 Å². The second kappa shape index (κ2) is 9.07. The zero-order valence-electron chi connectivity index (χ0n) is 16.6. The highest BCUT2D eigenvalue weighted by Gasteiger charge is 2.24. The molecular formula is C24H22Cl2N2O2. The van der Waals surface area contributed by atoms with Gasteiger partial charge in [-0.15, -0.1) is 0 Å². The molecular weight excluding hydrogens is 419 g/mol. The number of benzene rings is 2. The van der Waals surface area contributed by atoms with Crippen molar-refractivity contribution in [3.8, 4) is 11.5 Å². The van der Waals surface area contributed by atoms with Gasteiger partial charge in [0.25, 0.3) is 5.91 Å². The Hall–Kier alpha value is -2.56. The molecule has 4 rings (SSSR count). The maximum Gasteiger partial charge on any atom is 0.255 e. The molecule has 6 heteroatoms. The van der Waals surface area contributed by atoms with Crippen LogP contribution >= 0.6 is 23.2 Å². The van der Waals surface area contributed by atoms with E-state index in [4.69, 9.17) is 27.9 Å². The molecule has 2 aromatic carbocycles. The molecule has 3 aromatic rings. The summed E-state index contributed by atoms with van der Waals surface area (Å²) in [6.45, 7) is 2.29. The minimum atomic E-state index is -0.209. The first-order valence-electron chi connectivity index (χ1n) is 9.96. The maximum absolute atomic E-state index is 12.8. The number of amides is 1. The van der Waals surface area contributed by atoms with Gasteiger partial charge in [-0.25, -0.2) is 0 Å². The highest BCUT2D eigenvalue weighted by atomic mass is 35.5. The Labute approximate surface area is 186 Å². The second-order valence-corrected chi connectivity index (χ2v) is 8.36. The van der Waals surface area contributed by atoms with Gasteiger partial charge in [-0.3, -0.25) is 9.78 Å². The molecule has 0 radical (unpaired) electrons. The van der Waals surface area contributed by atoms with Crippen molar-refractivity contribution in [1.82, 2.24) is 10.3 Å². The SMILES string of the molecule is Cc1cc(C(=O)NCCc2ccc(Cl)cc2Cl)c(Oc2cccc(C3CC3)c2)cn1. The lowest BCUT2D eigenvalue weighted by molar-refractivity contribution is 0.0951. The molecule has 1 aliphatic rings. The van der Waals surface area contributed by atoms with Gasteiger partial charge in [0, 0.05) is 22.3 Å². The summed E-state index contributed by atoms with van der Waals surface area (Å²) in [5.74, 6) is 1.58. The summed E-state index contributed by atoms with van der Waals surface area (Å²) in [6.07, 6.45) is 4.65. The van der Waals surface area contributed by atoms with Crippen LogP contribution in [-0.2, 0) is 6.42 Å². The fourth-order valence-electron chi connectivity index (χ4n) is 3.31. The first-order chi connectivity index (χ1) is 14.5. The number of pyridine rings is 1. The standard InChI is InChI=1S/C24H22Cl2N2O2/c1-15-11-21(24(29)27-10-9-17-7-8-19(25)13-22(17)26)23(14-28-15)30-20-4-2-3-18(12-20)16-5-6-16/h2-4,7-8,11-14,16H,5-6,9-10H2,1H3,(H,27,29). The molecule has 154 valence electrons. The van der Waals surface area contributed by atoms with E-state index in [1.165, 1.54) is 18.4 Å². The van der Waals surface area contributed by atoms with Crippen molar-refractivity contribution in [2.45, 2.75) is 32.1 Å². The molecule has 1 heterocycles. The number of hydrogen-bond acceptors (Lipinski definition) is 3. The Kier molecular flexibility index (Phi) is 6.26. The van der Waals surface area contributed by atoms with Crippen LogP contribution in [0.15, 0.2) is 54.7 Å². The quantitative estimate of drug-likeness (QED) is 0.466. The fraction of sp³-hybridized carbons (Fsp3) is 0.250. The fourth-order valence-corrected chi connectivity index (χ4v) is 3.81. The number of rotatable bonds is 7. The molecule has 0 saturated heterocycles. The van der Waals surface area contributed by atoms with Crippen LogP contribution in [0.5, 0.6) is 11.5 Å². The highest BCUT2D eigenvalue weighted by molar-refractivity contribution is 6.35. The summed E-state index contributed by atoms with van der Waals surface area (Å²) in [7, 11) is 0. The van der Waals surface area contributed by atoms with Crippen LogP contribution in [0.25, 0.3) is 0 Å². The van der Waals surface area contributed by atoms with Crippen LogP contribution in [0.1, 0.15) is 45.9 Å². The van der Waals surface area contributed by atoms with E-state index in [0.29, 0.717) is 46.0 Å². The van der Waals surface area contributed by atoms with E-state index in [1.807, 2.05) is 31.2 Å². The Morgan fingerprint density at radius 1 is 1.17 bits per heavy atom. The van der Waals surface area contributed by atoms with E-state index in [1.54, 1.807) is 24.4 Å². The molecule has 1 amide bonds. The van der Waals surface area contributed by atoms with Crippen molar-refractivity contribution in [3.63, 3.8) is 0 Å². The molecule has 0 unspecified atom stereocenters. The topological polar surface area (TPSA) is 51.2 Å². The predicted octanol–water partition coefficient (Wildman–Crippen LogP) is 6.34. The lowest BCUT2D eigenvalue weighted by Gasteiger charge is -2.13. The third-order valence-corrected chi connectivity index (χ3v) is 5.67. The summed E-state index contributed by atoms with van der Waals surface area (Å²) in [4.78, 5) is 17.2. The van der Waals surface area contributed by atoms with E-state index in [-0.39, 0.29) is 5.91 Å². The highest BCUT2D eigenvalue weighted by Crippen LogP contribution is 2.41. The molecule has 4 nitrogen and oxygen atoms in total. The minimum absolute atomic E-state index is 0.209. The zero-order valence-corrected chi connectivity index (χ0v) is 18.1. The van der Waals surface area contributed by atoms with Crippen molar-refractivity contribution < 1.29 is 9.53 Å². The van der Waals surface area contributed by atoms with Gasteiger partial charge in [0.1, 0.15) is 5.75 Å². The first-order valence-corrected chi connectivity index (χ1v) is 10.7. The molecule has 1 N–H and O–H groups in total. The number of hydrogen-bond donors (Lipinski definition) is 1. The normalized spacial score (nSPS) is 13.2. The smallest absolute Gasteiger partial charge is 0.255 e. The van der Waals surface area contributed by atoms with E-state index < -0.39 is 0 Å². The predicted molar refractivity (Wildman–Crippen MR) is 120 cm³/mol. The summed E-state index contributed by atoms with van der Waals surface area (Å²) in [6, 6.07) is 15.2.